The Morgan fingerprint density at radius 2 is 2.00 bits per heavy atom. The van der Waals surface area contributed by atoms with Crippen LogP contribution in [0.2, 0.25) is 0 Å². The average Bonchev–Trinajstić information content (AvgIpc) is 2.60. The number of ether oxygens (including phenoxy) is 3. The van der Waals surface area contributed by atoms with Crippen LogP contribution >= 0.6 is 0 Å². The molecule has 2 rings (SSSR count). The second-order valence-corrected chi connectivity index (χ2v) is 5.11. The van der Waals surface area contributed by atoms with Gasteiger partial charge in [-0.3, -0.25) is 10.1 Å². The largest absolute Gasteiger partial charge is 0.493 e. The van der Waals surface area contributed by atoms with Crippen molar-refractivity contribution in [3.8, 4) is 17.2 Å². The number of benzene rings is 2. The number of esters is 1. The molecule has 0 saturated carbocycles. The number of carbonyl (C=O) groups is 1. The van der Waals surface area contributed by atoms with Crippen molar-refractivity contribution >= 4 is 11.7 Å². The van der Waals surface area contributed by atoms with Gasteiger partial charge in [-0.1, -0.05) is 12.1 Å². The van der Waals surface area contributed by atoms with E-state index in [-0.39, 0.29) is 0 Å². The summed E-state index contributed by atoms with van der Waals surface area (Å²) in [5.74, 6) is -1.47. The van der Waals surface area contributed by atoms with Gasteiger partial charge < -0.3 is 14.2 Å². The van der Waals surface area contributed by atoms with Gasteiger partial charge in [-0.15, -0.1) is 6.58 Å². The molecule has 0 bridgehead atoms. The van der Waals surface area contributed by atoms with E-state index in [0.29, 0.717) is 17.9 Å². The summed E-state index contributed by atoms with van der Waals surface area (Å²) in [6, 6.07) is 7.72. The number of nitro benzene ring substituents is 1. The van der Waals surface area contributed by atoms with Gasteiger partial charge in [0, 0.05) is 12.1 Å². The van der Waals surface area contributed by atoms with Crippen molar-refractivity contribution in [2.45, 2.75) is 6.42 Å². The highest BCUT2D eigenvalue weighted by atomic mass is 19.1. The molecular weight excluding hydrogens is 345 g/mol. The van der Waals surface area contributed by atoms with E-state index < -0.39 is 34.8 Å². The summed E-state index contributed by atoms with van der Waals surface area (Å²) in [6.07, 6.45) is 2.38. The first kappa shape index (κ1) is 18.9. The second-order valence-electron chi connectivity index (χ2n) is 5.11. The van der Waals surface area contributed by atoms with Crippen LogP contribution < -0.4 is 14.2 Å². The summed E-state index contributed by atoms with van der Waals surface area (Å²) in [5, 5.41) is 10.9. The van der Waals surface area contributed by atoms with Crippen LogP contribution in [-0.4, -0.2) is 24.6 Å². The van der Waals surface area contributed by atoms with Crippen LogP contribution in [-0.2, 0) is 11.2 Å². The van der Waals surface area contributed by atoms with Crippen molar-refractivity contribution in [3.05, 3.63) is 70.5 Å². The minimum atomic E-state index is -0.920. The number of nitro groups is 1. The lowest BCUT2D eigenvalue weighted by Gasteiger charge is -2.11. The molecule has 0 amide bonds. The zero-order valence-electron chi connectivity index (χ0n) is 13.9. The van der Waals surface area contributed by atoms with Crippen LogP contribution in [0.1, 0.15) is 5.56 Å². The lowest BCUT2D eigenvalue weighted by molar-refractivity contribution is -0.385. The molecule has 136 valence electrons. The van der Waals surface area contributed by atoms with Crippen molar-refractivity contribution in [3.63, 3.8) is 0 Å². The number of methoxy groups -OCH3 is 1. The van der Waals surface area contributed by atoms with E-state index in [4.69, 9.17) is 14.2 Å². The lowest BCUT2D eigenvalue weighted by Crippen LogP contribution is -2.18. The van der Waals surface area contributed by atoms with Crippen LogP contribution in [0.5, 0.6) is 17.2 Å². The highest BCUT2D eigenvalue weighted by Crippen LogP contribution is 2.29. The molecule has 0 aliphatic heterocycles. The van der Waals surface area contributed by atoms with Crippen molar-refractivity contribution < 1.29 is 28.3 Å². The summed E-state index contributed by atoms with van der Waals surface area (Å²) in [7, 11) is 1.45. The Labute approximate surface area is 148 Å². The summed E-state index contributed by atoms with van der Waals surface area (Å²) >= 11 is 0. The molecule has 2 aromatic rings. The fourth-order valence-corrected chi connectivity index (χ4v) is 2.13. The Balaban J connectivity index is 2.07. The van der Waals surface area contributed by atoms with Gasteiger partial charge >= 0.3 is 11.7 Å². The van der Waals surface area contributed by atoms with Crippen molar-refractivity contribution in [2.75, 3.05) is 13.7 Å². The first-order valence-corrected chi connectivity index (χ1v) is 7.49. The van der Waals surface area contributed by atoms with E-state index in [9.17, 15) is 19.3 Å². The van der Waals surface area contributed by atoms with Gasteiger partial charge in [0.15, 0.2) is 18.1 Å². The summed E-state index contributed by atoms with van der Waals surface area (Å²) in [6.45, 7) is 3.11. The number of carbonyl (C=O) groups excluding carboxylic acids is 1. The molecule has 0 aromatic heterocycles. The number of halogens is 1. The fraction of sp³-hybridized carbons (Fsp3) is 0.167. The molecule has 0 spiro atoms. The topological polar surface area (TPSA) is 87.9 Å². The third-order valence-corrected chi connectivity index (χ3v) is 3.30. The third-order valence-electron chi connectivity index (χ3n) is 3.30. The van der Waals surface area contributed by atoms with Crippen molar-refractivity contribution in [1.82, 2.24) is 0 Å². The van der Waals surface area contributed by atoms with E-state index in [1.807, 2.05) is 0 Å². The zero-order chi connectivity index (χ0) is 19.1. The zero-order valence-corrected chi connectivity index (χ0v) is 13.9. The van der Waals surface area contributed by atoms with Gasteiger partial charge in [-0.05, 0) is 30.2 Å². The Bertz CT molecular complexity index is 836. The van der Waals surface area contributed by atoms with Crippen LogP contribution in [0.15, 0.2) is 49.1 Å². The van der Waals surface area contributed by atoms with Gasteiger partial charge in [0.25, 0.3) is 0 Å². The minimum Gasteiger partial charge on any atom is -0.493 e. The Morgan fingerprint density at radius 3 is 2.65 bits per heavy atom. The number of hydrogen-bond donors (Lipinski definition) is 0. The number of nitrogens with zero attached hydrogens (tertiary/aromatic N) is 1. The highest BCUT2D eigenvalue weighted by Gasteiger charge is 2.19. The summed E-state index contributed by atoms with van der Waals surface area (Å²) in [4.78, 5) is 22.0. The predicted molar refractivity (Wildman–Crippen MR) is 91.1 cm³/mol. The first-order valence-electron chi connectivity index (χ1n) is 7.49. The van der Waals surface area contributed by atoms with E-state index in [2.05, 4.69) is 6.58 Å². The molecule has 7 nitrogen and oxygen atoms in total. The highest BCUT2D eigenvalue weighted by molar-refractivity contribution is 5.75. The van der Waals surface area contributed by atoms with E-state index in [1.54, 1.807) is 24.3 Å². The van der Waals surface area contributed by atoms with Crippen LogP contribution in [0.4, 0.5) is 10.1 Å². The quantitative estimate of drug-likeness (QED) is 0.235. The van der Waals surface area contributed by atoms with Gasteiger partial charge in [0.2, 0.25) is 5.75 Å². The van der Waals surface area contributed by atoms with Gasteiger partial charge in [-0.25, -0.2) is 9.18 Å². The van der Waals surface area contributed by atoms with E-state index >= 15 is 0 Å². The molecule has 0 radical (unpaired) electrons. The maximum atomic E-state index is 13.2. The van der Waals surface area contributed by atoms with Gasteiger partial charge in [-0.2, -0.15) is 0 Å². The van der Waals surface area contributed by atoms with E-state index in [1.165, 1.54) is 7.11 Å². The Hall–Kier alpha value is -3.42. The SMILES string of the molecule is C=CCc1ccc(OCC(=O)Oc2cc(F)ccc2[N+](=O)[O-])c(OC)c1. The summed E-state index contributed by atoms with van der Waals surface area (Å²) in [5.41, 5.74) is 0.424. The second kappa shape index (κ2) is 8.61. The molecule has 0 saturated heterocycles. The molecule has 0 atom stereocenters. The molecule has 26 heavy (non-hydrogen) atoms. The minimum absolute atomic E-state index is 0.297. The average molecular weight is 361 g/mol. The Morgan fingerprint density at radius 1 is 1.23 bits per heavy atom. The smallest absolute Gasteiger partial charge is 0.349 e. The maximum Gasteiger partial charge on any atom is 0.349 e. The molecule has 8 heteroatoms. The lowest BCUT2D eigenvalue weighted by atomic mass is 10.1. The van der Waals surface area contributed by atoms with Crippen molar-refractivity contribution in [2.24, 2.45) is 0 Å². The molecule has 0 aliphatic rings. The third kappa shape index (κ3) is 4.79. The monoisotopic (exact) mass is 361 g/mol. The van der Waals surface area contributed by atoms with Crippen LogP contribution in [0, 0.1) is 15.9 Å². The maximum absolute atomic E-state index is 13.2. The normalized spacial score (nSPS) is 10.1. The molecule has 0 fully saturated rings. The van der Waals surface area contributed by atoms with Gasteiger partial charge in [0.05, 0.1) is 12.0 Å². The molecule has 0 aliphatic carbocycles. The van der Waals surface area contributed by atoms with E-state index in [0.717, 1.165) is 23.8 Å². The number of allylic oxidation sites excluding steroid dienone is 1. The standard InChI is InChI=1S/C18H16FNO6/c1-3-4-12-5-8-15(17(9-12)24-2)25-11-18(21)26-16-10-13(19)6-7-14(16)20(22)23/h3,5-10H,1,4,11H2,2H3. The molecule has 2 aromatic carbocycles. The van der Waals surface area contributed by atoms with Crippen molar-refractivity contribution in [1.29, 1.82) is 0 Å². The molecule has 0 N–H and O–H groups in total. The Kier molecular flexibility index (Phi) is 6.26. The molecule has 0 heterocycles. The van der Waals surface area contributed by atoms with Crippen LogP contribution in [0.25, 0.3) is 0 Å². The van der Waals surface area contributed by atoms with Crippen LogP contribution in [0.3, 0.4) is 0 Å². The number of rotatable bonds is 8. The number of hydrogen-bond acceptors (Lipinski definition) is 6. The fourth-order valence-electron chi connectivity index (χ4n) is 2.13. The molecular formula is C18H16FNO6. The molecule has 0 unspecified atom stereocenters. The first-order chi connectivity index (χ1) is 12.4. The summed E-state index contributed by atoms with van der Waals surface area (Å²) < 4.78 is 28.6. The predicted octanol–water partition coefficient (Wildman–Crippen LogP) is 3.46. The van der Waals surface area contributed by atoms with Gasteiger partial charge in [0.1, 0.15) is 5.82 Å².